The van der Waals surface area contributed by atoms with Crippen LogP contribution in [0.2, 0.25) is 0 Å². The minimum atomic E-state index is -0.328. The van der Waals surface area contributed by atoms with Gasteiger partial charge in [0.1, 0.15) is 24.0 Å². The lowest BCUT2D eigenvalue weighted by molar-refractivity contribution is 0.295. The second kappa shape index (κ2) is 6.81. The Morgan fingerprint density at radius 2 is 1.90 bits per heavy atom. The van der Waals surface area contributed by atoms with E-state index in [1.165, 1.54) is 18.2 Å². The van der Waals surface area contributed by atoms with Crippen molar-refractivity contribution < 1.29 is 13.5 Å². The van der Waals surface area contributed by atoms with Gasteiger partial charge < -0.3 is 10.1 Å². The van der Waals surface area contributed by atoms with E-state index in [4.69, 9.17) is 4.74 Å². The smallest absolute Gasteiger partial charge is 0.129 e. The highest BCUT2D eigenvalue weighted by Gasteiger charge is 2.08. The van der Waals surface area contributed by atoms with Crippen molar-refractivity contribution in [2.75, 3.05) is 7.05 Å². The largest absolute Gasteiger partial charge is 0.488 e. The van der Waals surface area contributed by atoms with Crippen LogP contribution in [-0.4, -0.2) is 7.05 Å². The Kier molecular flexibility index (Phi) is 5.09. The molecule has 0 unspecified atom stereocenters. The third-order valence-corrected chi connectivity index (χ3v) is 3.27. The van der Waals surface area contributed by atoms with E-state index in [1.54, 1.807) is 25.2 Å². The van der Waals surface area contributed by atoms with Gasteiger partial charge in [0.05, 0.1) is 0 Å². The first-order valence-electron chi connectivity index (χ1n) is 6.10. The maximum absolute atomic E-state index is 13.6. The summed E-state index contributed by atoms with van der Waals surface area (Å²) < 4.78 is 33.2. The summed E-state index contributed by atoms with van der Waals surface area (Å²) in [5.74, 6) is -0.109. The molecule has 0 aromatic heterocycles. The number of benzene rings is 2. The minimum Gasteiger partial charge on any atom is -0.488 e. The highest BCUT2D eigenvalue weighted by molar-refractivity contribution is 9.10. The highest BCUT2D eigenvalue weighted by Crippen LogP contribution is 2.22. The Morgan fingerprint density at radius 3 is 2.65 bits per heavy atom. The Labute approximate surface area is 124 Å². The van der Waals surface area contributed by atoms with Crippen molar-refractivity contribution in [1.82, 2.24) is 5.32 Å². The molecule has 1 N–H and O–H groups in total. The molecule has 0 aliphatic heterocycles. The van der Waals surface area contributed by atoms with Crippen LogP contribution in [0.4, 0.5) is 8.78 Å². The zero-order valence-electron chi connectivity index (χ0n) is 10.9. The third-order valence-electron chi connectivity index (χ3n) is 2.78. The van der Waals surface area contributed by atoms with Crippen molar-refractivity contribution in [2.45, 2.75) is 13.2 Å². The summed E-state index contributed by atoms with van der Waals surface area (Å²) in [7, 11) is 1.77. The van der Waals surface area contributed by atoms with Gasteiger partial charge in [-0.25, -0.2) is 8.78 Å². The van der Waals surface area contributed by atoms with Crippen molar-refractivity contribution in [3.05, 3.63) is 63.6 Å². The maximum Gasteiger partial charge on any atom is 0.129 e. The quantitative estimate of drug-likeness (QED) is 0.886. The summed E-state index contributed by atoms with van der Waals surface area (Å²) in [6.07, 6.45) is 0. The predicted octanol–water partition coefficient (Wildman–Crippen LogP) is 4.03. The van der Waals surface area contributed by atoms with E-state index in [2.05, 4.69) is 21.2 Å². The molecule has 0 spiro atoms. The lowest BCUT2D eigenvalue weighted by atomic mass is 10.2. The van der Waals surface area contributed by atoms with Crippen LogP contribution in [-0.2, 0) is 13.2 Å². The zero-order valence-corrected chi connectivity index (χ0v) is 12.5. The molecule has 0 aliphatic rings. The van der Waals surface area contributed by atoms with Gasteiger partial charge in [0.15, 0.2) is 0 Å². The predicted molar refractivity (Wildman–Crippen MR) is 77.6 cm³/mol. The van der Waals surface area contributed by atoms with E-state index in [-0.39, 0.29) is 18.2 Å². The Hall–Kier alpha value is -1.46. The fourth-order valence-electron chi connectivity index (χ4n) is 1.83. The average molecular weight is 342 g/mol. The van der Waals surface area contributed by atoms with E-state index < -0.39 is 0 Å². The summed E-state index contributed by atoms with van der Waals surface area (Å²) in [5.41, 5.74) is 1.14. The van der Waals surface area contributed by atoms with Gasteiger partial charge in [0.2, 0.25) is 0 Å². The minimum absolute atomic E-state index is 0.0909. The fourth-order valence-corrected chi connectivity index (χ4v) is 2.24. The topological polar surface area (TPSA) is 21.3 Å². The molecule has 106 valence electrons. The van der Waals surface area contributed by atoms with E-state index >= 15 is 0 Å². The second-order valence-corrected chi connectivity index (χ2v) is 5.22. The molecule has 2 rings (SSSR count). The summed E-state index contributed by atoms with van der Waals surface area (Å²) in [5, 5.41) is 2.94. The van der Waals surface area contributed by atoms with Crippen LogP contribution in [0, 0.1) is 11.6 Å². The van der Waals surface area contributed by atoms with Crippen molar-refractivity contribution in [1.29, 1.82) is 0 Å². The van der Waals surface area contributed by atoms with Crippen molar-refractivity contribution >= 4 is 15.9 Å². The van der Waals surface area contributed by atoms with Crippen molar-refractivity contribution in [3.8, 4) is 5.75 Å². The van der Waals surface area contributed by atoms with Crippen LogP contribution in [0.25, 0.3) is 0 Å². The van der Waals surface area contributed by atoms with Crippen LogP contribution < -0.4 is 10.1 Å². The summed E-state index contributed by atoms with van der Waals surface area (Å²) in [6, 6.07) is 8.95. The zero-order chi connectivity index (χ0) is 14.5. The first-order valence-corrected chi connectivity index (χ1v) is 6.89. The molecule has 0 bridgehead atoms. The second-order valence-electron chi connectivity index (χ2n) is 4.31. The molecule has 5 heteroatoms. The normalized spacial score (nSPS) is 10.6. The molecule has 0 amide bonds. The first-order chi connectivity index (χ1) is 9.60. The van der Waals surface area contributed by atoms with Gasteiger partial charge in [-0.1, -0.05) is 15.9 Å². The average Bonchev–Trinajstić information content (AvgIpc) is 2.42. The number of nitrogens with one attached hydrogen (secondary N) is 1. The van der Waals surface area contributed by atoms with Gasteiger partial charge in [-0.3, -0.25) is 0 Å². The van der Waals surface area contributed by atoms with Gasteiger partial charge in [0.25, 0.3) is 0 Å². The van der Waals surface area contributed by atoms with Crippen LogP contribution in [0.5, 0.6) is 5.75 Å². The third kappa shape index (κ3) is 3.77. The first kappa shape index (κ1) is 14.9. The van der Waals surface area contributed by atoms with Crippen LogP contribution in [0.1, 0.15) is 11.1 Å². The van der Waals surface area contributed by atoms with Crippen molar-refractivity contribution in [2.24, 2.45) is 0 Å². The molecule has 2 aromatic carbocycles. The van der Waals surface area contributed by atoms with Crippen LogP contribution >= 0.6 is 15.9 Å². The van der Waals surface area contributed by atoms with Gasteiger partial charge in [0, 0.05) is 22.1 Å². The number of hydrogen-bond donors (Lipinski definition) is 1. The number of ether oxygens (including phenoxy) is 1. The molecule has 0 aliphatic carbocycles. The molecule has 0 fully saturated rings. The van der Waals surface area contributed by atoms with E-state index in [1.807, 2.05) is 0 Å². The van der Waals surface area contributed by atoms with Gasteiger partial charge in [-0.05, 0) is 43.4 Å². The molecule has 0 saturated heterocycles. The molecular formula is C15H14BrF2NO. The standard InChI is InChI=1S/C15H14BrF2NO/c1-19-8-10-7-13(17)3-5-15(10)20-9-11-6-12(16)2-4-14(11)18/h2-7,19H,8-9H2,1H3. The number of halogens is 3. The van der Waals surface area contributed by atoms with Gasteiger partial charge >= 0.3 is 0 Å². The summed E-state index contributed by atoms with van der Waals surface area (Å²) in [6.45, 7) is 0.571. The fraction of sp³-hybridized carbons (Fsp3) is 0.200. The van der Waals surface area contributed by atoms with E-state index in [9.17, 15) is 8.78 Å². The highest BCUT2D eigenvalue weighted by atomic mass is 79.9. The molecule has 0 saturated carbocycles. The summed E-state index contributed by atoms with van der Waals surface area (Å²) >= 11 is 3.29. The molecule has 20 heavy (non-hydrogen) atoms. The Bertz CT molecular complexity index is 604. The van der Waals surface area contributed by atoms with Crippen molar-refractivity contribution in [3.63, 3.8) is 0 Å². The lowest BCUT2D eigenvalue weighted by Gasteiger charge is -2.12. The molecule has 2 aromatic rings. The van der Waals surface area contributed by atoms with E-state index in [0.717, 1.165) is 4.47 Å². The summed E-state index contributed by atoms with van der Waals surface area (Å²) in [4.78, 5) is 0. The molecule has 0 heterocycles. The number of rotatable bonds is 5. The van der Waals surface area contributed by atoms with Gasteiger partial charge in [-0.2, -0.15) is 0 Å². The monoisotopic (exact) mass is 341 g/mol. The van der Waals surface area contributed by atoms with Gasteiger partial charge in [-0.15, -0.1) is 0 Å². The number of hydrogen-bond acceptors (Lipinski definition) is 2. The lowest BCUT2D eigenvalue weighted by Crippen LogP contribution is -2.08. The Balaban J connectivity index is 2.16. The molecule has 0 atom stereocenters. The van der Waals surface area contributed by atoms with E-state index in [0.29, 0.717) is 23.4 Å². The molecule has 0 radical (unpaired) electrons. The van der Waals surface area contributed by atoms with Crippen LogP contribution in [0.15, 0.2) is 40.9 Å². The van der Waals surface area contributed by atoms with Crippen LogP contribution in [0.3, 0.4) is 0 Å². The molecular weight excluding hydrogens is 328 g/mol. The SMILES string of the molecule is CNCc1cc(F)ccc1OCc1cc(Br)ccc1F. The Morgan fingerprint density at radius 1 is 1.10 bits per heavy atom. The maximum atomic E-state index is 13.6. The molecule has 2 nitrogen and oxygen atoms in total.